The van der Waals surface area contributed by atoms with Crippen LogP contribution in [-0.4, -0.2) is 9.78 Å². The fraction of sp³-hybridized carbons (Fsp3) is 0.111. The number of benzene rings is 1. The third kappa shape index (κ3) is 1.27. The first-order valence-electron chi connectivity index (χ1n) is 3.80. The molecule has 1 heterocycles. The lowest BCUT2D eigenvalue weighted by Crippen LogP contribution is -2.18. The number of fused-ring (bicyclic) bond motifs is 1. The van der Waals surface area contributed by atoms with Crippen molar-refractivity contribution < 1.29 is 0 Å². The summed E-state index contributed by atoms with van der Waals surface area (Å²) in [7, 11) is 1.64. The van der Waals surface area contributed by atoms with Gasteiger partial charge in [0, 0.05) is 16.9 Å². The Morgan fingerprint density at radius 3 is 2.92 bits per heavy atom. The van der Waals surface area contributed by atoms with Gasteiger partial charge in [0.05, 0.1) is 11.6 Å². The normalized spacial score (nSPS) is 10.6. The second-order valence-corrected chi connectivity index (χ2v) is 3.63. The number of aromatic nitrogens is 2. The lowest BCUT2D eigenvalue weighted by Gasteiger charge is -2.00. The molecule has 0 bridgehead atoms. The fourth-order valence-electron chi connectivity index (χ4n) is 1.23. The van der Waals surface area contributed by atoms with Gasteiger partial charge >= 0.3 is 0 Å². The molecule has 1 aromatic carbocycles. The predicted molar refractivity (Wildman–Crippen MR) is 54.7 cm³/mol. The first-order chi connectivity index (χ1) is 6.20. The van der Waals surface area contributed by atoms with E-state index in [2.05, 4.69) is 21.0 Å². The van der Waals surface area contributed by atoms with Gasteiger partial charge in [-0.2, -0.15) is 5.10 Å². The van der Waals surface area contributed by atoms with Gasteiger partial charge in [-0.3, -0.25) is 4.79 Å². The molecule has 0 N–H and O–H groups in total. The standard InChI is InChI=1S/C9H7BrN2O/c1-12-9(13)6-3-2-4-8(10)7(6)5-11-12/h2-5H,1H3. The number of hydrogen-bond acceptors (Lipinski definition) is 2. The van der Waals surface area contributed by atoms with Crippen LogP contribution in [0.25, 0.3) is 10.8 Å². The Bertz CT molecular complexity index is 518. The van der Waals surface area contributed by atoms with Gasteiger partial charge in [-0.15, -0.1) is 0 Å². The largest absolute Gasteiger partial charge is 0.274 e. The van der Waals surface area contributed by atoms with Crippen molar-refractivity contribution in [3.63, 3.8) is 0 Å². The summed E-state index contributed by atoms with van der Waals surface area (Å²) in [6, 6.07) is 5.53. The molecule has 0 radical (unpaired) electrons. The smallest absolute Gasteiger partial charge is 0.267 e. The summed E-state index contributed by atoms with van der Waals surface area (Å²) < 4.78 is 2.23. The number of nitrogens with zero attached hydrogens (tertiary/aromatic N) is 2. The first-order valence-corrected chi connectivity index (χ1v) is 4.60. The van der Waals surface area contributed by atoms with E-state index in [1.807, 2.05) is 12.1 Å². The van der Waals surface area contributed by atoms with Crippen LogP contribution in [0.1, 0.15) is 0 Å². The third-order valence-electron chi connectivity index (χ3n) is 1.94. The zero-order chi connectivity index (χ0) is 9.42. The highest BCUT2D eigenvalue weighted by Gasteiger charge is 2.02. The van der Waals surface area contributed by atoms with Crippen LogP contribution in [0.4, 0.5) is 0 Å². The average Bonchev–Trinajstić information content (AvgIpc) is 2.12. The van der Waals surface area contributed by atoms with Crippen LogP contribution < -0.4 is 5.56 Å². The van der Waals surface area contributed by atoms with Crippen molar-refractivity contribution in [2.24, 2.45) is 7.05 Å². The molecule has 1 aromatic heterocycles. The number of aryl methyl sites for hydroxylation is 1. The van der Waals surface area contributed by atoms with Gasteiger partial charge in [0.2, 0.25) is 0 Å². The first kappa shape index (κ1) is 8.44. The molecule has 0 unspecified atom stereocenters. The van der Waals surface area contributed by atoms with E-state index in [0.29, 0.717) is 5.39 Å². The van der Waals surface area contributed by atoms with E-state index in [1.165, 1.54) is 4.68 Å². The van der Waals surface area contributed by atoms with Gasteiger partial charge in [-0.05, 0) is 12.1 Å². The van der Waals surface area contributed by atoms with Gasteiger partial charge in [-0.1, -0.05) is 22.0 Å². The van der Waals surface area contributed by atoms with Crippen molar-refractivity contribution in [3.05, 3.63) is 39.2 Å². The SMILES string of the molecule is Cn1ncc2c(Br)cccc2c1=O. The highest BCUT2D eigenvalue weighted by atomic mass is 79.9. The third-order valence-corrected chi connectivity index (χ3v) is 2.63. The van der Waals surface area contributed by atoms with E-state index in [0.717, 1.165) is 9.86 Å². The highest BCUT2D eigenvalue weighted by molar-refractivity contribution is 9.10. The van der Waals surface area contributed by atoms with Crippen LogP contribution in [0.2, 0.25) is 0 Å². The monoisotopic (exact) mass is 238 g/mol. The van der Waals surface area contributed by atoms with E-state index in [-0.39, 0.29) is 5.56 Å². The molecule has 3 nitrogen and oxygen atoms in total. The van der Waals surface area contributed by atoms with E-state index in [4.69, 9.17) is 0 Å². The summed E-state index contributed by atoms with van der Waals surface area (Å²) in [5.41, 5.74) is -0.0706. The summed E-state index contributed by atoms with van der Waals surface area (Å²) >= 11 is 3.37. The zero-order valence-electron chi connectivity index (χ0n) is 6.99. The van der Waals surface area contributed by atoms with Gasteiger partial charge < -0.3 is 0 Å². The molecule has 0 amide bonds. The van der Waals surface area contributed by atoms with Crippen LogP contribution in [0.5, 0.6) is 0 Å². The molecular weight excluding hydrogens is 232 g/mol. The second kappa shape index (κ2) is 2.96. The minimum atomic E-state index is -0.0706. The van der Waals surface area contributed by atoms with E-state index in [1.54, 1.807) is 19.3 Å². The number of rotatable bonds is 0. The second-order valence-electron chi connectivity index (χ2n) is 2.77. The molecule has 0 saturated carbocycles. The zero-order valence-corrected chi connectivity index (χ0v) is 8.58. The lowest BCUT2D eigenvalue weighted by atomic mass is 10.2. The van der Waals surface area contributed by atoms with Crippen molar-refractivity contribution in [2.75, 3.05) is 0 Å². The Labute approximate surface area is 83.1 Å². The summed E-state index contributed by atoms with van der Waals surface area (Å²) in [4.78, 5) is 11.6. The Balaban J connectivity index is 3.03. The maximum Gasteiger partial charge on any atom is 0.274 e. The van der Waals surface area contributed by atoms with Crippen molar-refractivity contribution in [2.45, 2.75) is 0 Å². The lowest BCUT2D eigenvalue weighted by molar-refractivity contribution is 0.718. The Kier molecular flexibility index (Phi) is 1.92. The summed E-state index contributed by atoms with van der Waals surface area (Å²) in [6.45, 7) is 0. The summed E-state index contributed by atoms with van der Waals surface area (Å²) in [5, 5.41) is 5.48. The van der Waals surface area contributed by atoms with Gasteiger partial charge in [-0.25, -0.2) is 4.68 Å². The van der Waals surface area contributed by atoms with Crippen LogP contribution in [0.3, 0.4) is 0 Å². The molecule has 13 heavy (non-hydrogen) atoms. The fourth-order valence-corrected chi connectivity index (χ4v) is 1.69. The van der Waals surface area contributed by atoms with E-state index >= 15 is 0 Å². The molecule has 4 heteroatoms. The number of halogens is 1. The van der Waals surface area contributed by atoms with Crippen molar-refractivity contribution in [3.8, 4) is 0 Å². The highest BCUT2D eigenvalue weighted by Crippen LogP contribution is 2.19. The van der Waals surface area contributed by atoms with Crippen LogP contribution >= 0.6 is 15.9 Å². The maximum atomic E-state index is 11.6. The van der Waals surface area contributed by atoms with Gasteiger partial charge in [0.1, 0.15) is 0 Å². The van der Waals surface area contributed by atoms with E-state index < -0.39 is 0 Å². The molecule has 0 spiro atoms. The van der Waals surface area contributed by atoms with Crippen molar-refractivity contribution >= 4 is 26.7 Å². The van der Waals surface area contributed by atoms with Gasteiger partial charge in [0.15, 0.2) is 0 Å². The molecule has 2 aromatic rings. The average molecular weight is 239 g/mol. The molecule has 0 aliphatic heterocycles. The van der Waals surface area contributed by atoms with Crippen LogP contribution in [0, 0.1) is 0 Å². The molecule has 0 atom stereocenters. The molecule has 0 saturated heterocycles. The molecule has 0 aliphatic rings. The van der Waals surface area contributed by atoms with Crippen LogP contribution in [-0.2, 0) is 7.05 Å². The van der Waals surface area contributed by atoms with E-state index in [9.17, 15) is 4.79 Å². The Hall–Kier alpha value is -1.16. The molecule has 2 rings (SSSR count). The maximum absolute atomic E-state index is 11.6. The molecule has 0 fully saturated rings. The Morgan fingerprint density at radius 1 is 1.38 bits per heavy atom. The minimum Gasteiger partial charge on any atom is -0.267 e. The van der Waals surface area contributed by atoms with Crippen molar-refractivity contribution in [1.82, 2.24) is 9.78 Å². The minimum absolute atomic E-state index is 0.0706. The molecule has 66 valence electrons. The topological polar surface area (TPSA) is 34.9 Å². The number of hydrogen-bond donors (Lipinski definition) is 0. The predicted octanol–water partition coefficient (Wildman–Crippen LogP) is 1.70. The Morgan fingerprint density at radius 2 is 2.15 bits per heavy atom. The molecule has 0 aliphatic carbocycles. The quantitative estimate of drug-likeness (QED) is 0.701. The van der Waals surface area contributed by atoms with Crippen molar-refractivity contribution in [1.29, 1.82) is 0 Å². The summed E-state index contributed by atoms with van der Waals surface area (Å²) in [6.07, 6.45) is 1.68. The molecular formula is C9H7BrN2O. The van der Waals surface area contributed by atoms with Crippen LogP contribution in [0.15, 0.2) is 33.7 Å². The van der Waals surface area contributed by atoms with Gasteiger partial charge in [0.25, 0.3) is 5.56 Å². The summed E-state index contributed by atoms with van der Waals surface area (Å²) in [5.74, 6) is 0.